The highest BCUT2D eigenvalue weighted by Gasteiger charge is 2.57. The number of likely N-dealkylation sites (tertiary alicyclic amines) is 1. The number of carbonyl (C=O) groups is 1. The summed E-state index contributed by atoms with van der Waals surface area (Å²) in [7, 11) is -2.82. The second-order valence-corrected chi connectivity index (χ2v) is 5.74. The van der Waals surface area contributed by atoms with E-state index in [2.05, 4.69) is 0 Å². The molecule has 2 saturated heterocycles. The second-order valence-electron chi connectivity index (χ2n) is 3.67. The molecule has 0 atom stereocenters. The van der Waals surface area contributed by atoms with Crippen LogP contribution in [0.3, 0.4) is 0 Å². The number of hydrogen-bond donors (Lipinski definition) is 1. The molecular weight excluding hydrogens is 182 g/mol. The average molecular weight is 191 g/mol. The molecule has 1 spiro atoms. The number of hydrogen-bond acceptors (Lipinski definition) is 3. The fraction of sp³-hybridized carbons (Fsp3) is 0.833. The summed E-state index contributed by atoms with van der Waals surface area (Å²) in [5.74, 6) is 0.341. The van der Waals surface area contributed by atoms with Crippen LogP contribution in [0.25, 0.3) is 0 Å². The van der Waals surface area contributed by atoms with Crippen LogP contribution < -0.4 is 0 Å². The predicted molar refractivity (Wildman–Crippen MR) is 40.7 cm³/mol. The van der Waals surface area contributed by atoms with Crippen molar-refractivity contribution < 1.29 is 18.3 Å². The first-order chi connectivity index (χ1) is 5.43. The first-order valence-electron chi connectivity index (χ1n) is 3.61. The van der Waals surface area contributed by atoms with Gasteiger partial charge in [-0.3, -0.25) is 0 Å². The third-order valence-electron chi connectivity index (χ3n) is 2.38. The Morgan fingerprint density at radius 3 is 2.17 bits per heavy atom. The Bertz CT molecular complexity index is 313. The number of sulfone groups is 1. The van der Waals surface area contributed by atoms with E-state index < -0.39 is 15.9 Å². The second kappa shape index (κ2) is 1.93. The summed E-state index contributed by atoms with van der Waals surface area (Å²) < 4.78 is 21.6. The lowest BCUT2D eigenvalue weighted by atomic mass is 9.83. The van der Waals surface area contributed by atoms with Crippen LogP contribution in [-0.2, 0) is 9.84 Å². The summed E-state index contributed by atoms with van der Waals surface area (Å²) in [6.07, 6.45) is -0.954. The molecule has 0 radical (unpaired) electrons. The molecule has 68 valence electrons. The van der Waals surface area contributed by atoms with Gasteiger partial charge in [-0.05, 0) is 0 Å². The maximum atomic E-state index is 10.8. The van der Waals surface area contributed by atoms with Crippen LogP contribution in [0.4, 0.5) is 4.79 Å². The fourth-order valence-electron chi connectivity index (χ4n) is 1.97. The number of nitrogens with zero attached hydrogens (tertiary/aromatic N) is 1. The van der Waals surface area contributed by atoms with Gasteiger partial charge in [0.25, 0.3) is 0 Å². The van der Waals surface area contributed by atoms with Crippen molar-refractivity contribution in [1.29, 1.82) is 0 Å². The van der Waals surface area contributed by atoms with E-state index in [-0.39, 0.29) is 16.9 Å². The Balaban J connectivity index is 1.95. The maximum Gasteiger partial charge on any atom is 0.407 e. The molecule has 2 heterocycles. The third kappa shape index (κ3) is 0.979. The Hall–Kier alpha value is -0.780. The van der Waals surface area contributed by atoms with Crippen molar-refractivity contribution in [2.75, 3.05) is 24.6 Å². The zero-order valence-corrected chi connectivity index (χ0v) is 7.17. The van der Waals surface area contributed by atoms with Gasteiger partial charge in [-0.15, -0.1) is 0 Å². The lowest BCUT2D eigenvalue weighted by Crippen LogP contribution is -2.69. The van der Waals surface area contributed by atoms with Gasteiger partial charge in [0.1, 0.15) is 0 Å². The molecule has 0 aromatic carbocycles. The van der Waals surface area contributed by atoms with Gasteiger partial charge >= 0.3 is 6.09 Å². The summed E-state index contributed by atoms with van der Waals surface area (Å²) >= 11 is 0. The minimum Gasteiger partial charge on any atom is -0.465 e. The summed E-state index contributed by atoms with van der Waals surface area (Å²) in [6, 6.07) is 0. The van der Waals surface area contributed by atoms with Crippen molar-refractivity contribution in [3.05, 3.63) is 0 Å². The normalized spacial score (nSPS) is 29.2. The standard InChI is InChI=1S/C6H9NO4S/c8-5(9)7-1-6(2-7)3-12(10,11)4-6/h1-4H2,(H,8,9). The van der Waals surface area contributed by atoms with Crippen molar-refractivity contribution in [2.24, 2.45) is 5.41 Å². The van der Waals surface area contributed by atoms with Gasteiger partial charge in [0, 0.05) is 18.5 Å². The number of amides is 1. The Labute approximate surface area is 69.9 Å². The predicted octanol–water partition coefficient (Wildman–Crippen LogP) is -0.605. The number of rotatable bonds is 0. The monoisotopic (exact) mass is 191 g/mol. The molecule has 1 amide bonds. The van der Waals surface area contributed by atoms with Gasteiger partial charge in [0.05, 0.1) is 11.5 Å². The highest BCUT2D eigenvalue weighted by molar-refractivity contribution is 7.92. The maximum absolute atomic E-state index is 10.8. The Morgan fingerprint density at radius 2 is 1.83 bits per heavy atom. The lowest BCUT2D eigenvalue weighted by molar-refractivity contribution is 0.0301. The van der Waals surface area contributed by atoms with E-state index in [1.807, 2.05) is 0 Å². The smallest absolute Gasteiger partial charge is 0.407 e. The molecule has 0 aromatic rings. The summed E-state index contributed by atoms with van der Waals surface area (Å²) in [6.45, 7) is 0.781. The van der Waals surface area contributed by atoms with E-state index in [0.29, 0.717) is 13.1 Å². The van der Waals surface area contributed by atoms with Crippen LogP contribution in [0, 0.1) is 5.41 Å². The van der Waals surface area contributed by atoms with Gasteiger partial charge < -0.3 is 10.0 Å². The minimum absolute atomic E-state index is 0.170. The van der Waals surface area contributed by atoms with Crippen molar-refractivity contribution in [1.82, 2.24) is 4.90 Å². The highest BCUT2D eigenvalue weighted by atomic mass is 32.2. The molecule has 2 fully saturated rings. The molecule has 0 aromatic heterocycles. The van der Waals surface area contributed by atoms with Gasteiger partial charge in [0.15, 0.2) is 9.84 Å². The molecule has 0 aliphatic carbocycles. The van der Waals surface area contributed by atoms with Crippen molar-refractivity contribution in [3.8, 4) is 0 Å². The molecule has 1 N–H and O–H groups in total. The first kappa shape index (κ1) is 7.85. The van der Waals surface area contributed by atoms with Gasteiger partial charge in [-0.25, -0.2) is 13.2 Å². The largest absolute Gasteiger partial charge is 0.465 e. The van der Waals surface area contributed by atoms with Crippen molar-refractivity contribution in [3.63, 3.8) is 0 Å². The van der Waals surface area contributed by atoms with E-state index in [1.165, 1.54) is 4.90 Å². The lowest BCUT2D eigenvalue weighted by Gasteiger charge is -2.53. The molecule has 0 bridgehead atoms. The Kier molecular flexibility index (Phi) is 1.26. The summed E-state index contributed by atoms with van der Waals surface area (Å²) in [5.41, 5.74) is -0.211. The van der Waals surface area contributed by atoms with Crippen LogP contribution in [0.5, 0.6) is 0 Å². The van der Waals surface area contributed by atoms with Crippen molar-refractivity contribution in [2.45, 2.75) is 0 Å². The zero-order chi connectivity index (χ0) is 8.98. The molecule has 2 rings (SSSR count). The minimum atomic E-state index is -2.82. The molecule has 6 heteroatoms. The fourth-order valence-corrected chi connectivity index (χ4v) is 4.12. The topological polar surface area (TPSA) is 74.7 Å². The summed E-state index contributed by atoms with van der Waals surface area (Å²) in [5, 5.41) is 8.49. The van der Waals surface area contributed by atoms with Crippen LogP contribution in [0.15, 0.2) is 0 Å². The van der Waals surface area contributed by atoms with Gasteiger partial charge in [-0.2, -0.15) is 0 Å². The molecular formula is C6H9NO4S. The van der Waals surface area contributed by atoms with Crippen LogP contribution in [-0.4, -0.2) is 49.1 Å². The van der Waals surface area contributed by atoms with Gasteiger partial charge in [0.2, 0.25) is 0 Å². The number of carboxylic acid groups (broad SMARTS) is 1. The molecule has 2 aliphatic rings. The van der Waals surface area contributed by atoms with Gasteiger partial charge in [-0.1, -0.05) is 0 Å². The molecule has 12 heavy (non-hydrogen) atoms. The highest BCUT2D eigenvalue weighted by Crippen LogP contribution is 2.41. The third-order valence-corrected chi connectivity index (χ3v) is 4.48. The summed E-state index contributed by atoms with van der Waals surface area (Å²) in [4.78, 5) is 11.6. The van der Waals surface area contributed by atoms with Crippen LogP contribution >= 0.6 is 0 Å². The molecule has 0 saturated carbocycles. The molecule has 5 nitrogen and oxygen atoms in total. The zero-order valence-electron chi connectivity index (χ0n) is 6.36. The van der Waals surface area contributed by atoms with Crippen LogP contribution in [0.1, 0.15) is 0 Å². The average Bonchev–Trinajstić information content (AvgIpc) is 1.75. The first-order valence-corrected chi connectivity index (χ1v) is 5.43. The molecule has 0 unspecified atom stereocenters. The van der Waals surface area contributed by atoms with Crippen LogP contribution in [0.2, 0.25) is 0 Å². The van der Waals surface area contributed by atoms with E-state index in [0.717, 1.165) is 0 Å². The van der Waals surface area contributed by atoms with E-state index in [1.54, 1.807) is 0 Å². The van der Waals surface area contributed by atoms with Crippen molar-refractivity contribution >= 4 is 15.9 Å². The van der Waals surface area contributed by atoms with E-state index >= 15 is 0 Å². The quantitative estimate of drug-likeness (QED) is 0.554. The Morgan fingerprint density at radius 1 is 1.33 bits per heavy atom. The van der Waals surface area contributed by atoms with E-state index in [4.69, 9.17) is 5.11 Å². The van der Waals surface area contributed by atoms with E-state index in [9.17, 15) is 13.2 Å². The SMILES string of the molecule is O=C(O)N1CC2(C1)CS(=O)(=O)C2. The molecule has 2 aliphatic heterocycles.